The van der Waals surface area contributed by atoms with E-state index in [2.05, 4.69) is 10.4 Å². The number of nitrogens with one attached hydrogen (secondary N) is 1. The van der Waals surface area contributed by atoms with Crippen LogP contribution in [-0.2, 0) is 16.1 Å². The third-order valence-electron chi connectivity index (χ3n) is 6.45. The maximum atomic E-state index is 13.8. The van der Waals surface area contributed by atoms with Crippen molar-refractivity contribution in [2.75, 3.05) is 25.7 Å². The van der Waals surface area contributed by atoms with Gasteiger partial charge in [0.15, 0.2) is 5.69 Å². The van der Waals surface area contributed by atoms with Crippen molar-refractivity contribution in [3.63, 3.8) is 0 Å². The van der Waals surface area contributed by atoms with Crippen LogP contribution in [0.2, 0.25) is 0 Å². The number of rotatable bonds is 7. The van der Waals surface area contributed by atoms with Gasteiger partial charge < -0.3 is 19.5 Å². The number of nitrogens with zero attached hydrogens (tertiary/aromatic N) is 3. The first kappa shape index (κ1) is 23.6. The summed E-state index contributed by atoms with van der Waals surface area (Å²) in [7, 11) is 3.03. The summed E-state index contributed by atoms with van der Waals surface area (Å²) in [5.74, 6) is -0.447. The summed E-state index contributed by atoms with van der Waals surface area (Å²) >= 11 is 0. The van der Waals surface area contributed by atoms with E-state index in [4.69, 9.17) is 14.2 Å². The summed E-state index contributed by atoms with van der Waals surface area (Å²) in [5, 5.41) is 7.41. The molecule has 4 rings (SSSR count). The van der Waals surface area contributed by atoms with Crippen molar-refractivity contribution in [2.24, 2.45) is 0 Å². The number of hydrogen-bond acceptors (Lipinski definition) is 7. The highest BCUT2D eigenvalue weighted by molar-refractivity contribution is 6.13. The standard InChI is InChI=1S/C24H30N4O6/c1-5-34-22(30)17-13-19-21(29)28(18-11-10-16(32-3)12-20(18)33-4)24(2,14-27(19)26-17)23(31)25-15-8-6-7-9-15/h10-13,15H,5-9,14H2,1-4H3,(H,25,31)/t24-/m0/s1. The van der Waals surface area contributed by atoms with Crippen molar-refractivity contribution in [2.45, 2.75) is 57.7 Å². The van der Waals surface area contributed by atoms with Gasteiger partial charge in [-0.3, -0.25) is 19.2 Å². The normalized spacial score (nSPS) is 20.1. The van der Waals surface area contributed by atoms with Gasteiger partial charge in [0.05, 0.1) is 33.1 Å². The van der Waals surface area contributed by atoms with Crippen LogP contribution in [0.4, 0.5) is 5.69 Å². The fourth-order valence-electron chi connectivity index (χ4n) is 4.64. The second-order valence-electron chi connectivity index (χ2n) is 8.70. The number of carbonyl (C=O) groups excluding carboxylic acids is 3. The van der Waals surface area contributed by atoms with Gasteiger partial charge in [-0.2, -0.15) is 5.10 Å². The number of carbonyl (C=O) groups is 3. The first-order valence-corrected chi connectivity index (χ1v) is 11.4. The summed E-state index contributed by atoms with van der Waals surface area (Å²) in [5.41, 5.74) is -0.700. The summed E-state index contributed by atoms with van der Waals surface area (Å²) in [6, 6.07) is 6.52. The molecule has 0 saturated heterocycles. The Hall–Kier alpha value is -3.56. The Morgan fingerprint density at radius 3 is 2.56 bits per heavy atom. The van der Waals surface area contributed by atoms with Gasteiger partial charge in [-0.05, 0) is 38.8 Å². The first-order chi connectivity index (χ1) is 16.3. The van der Waals surface area contributed by atoms with E-state index in [9.17, 15) is 14.4 Å². The number of ether oxygens (including phenoxy) is 3. The molecular weight excluding hydrogens is 440 g/mol. The molecule has 1 aromatic heterocycles. The number of hydrogen-bond donors (Lipinski definition) is 1. The quantitative estimate of drug-likeness (QED) is 0.619. The van der Waals surface area contributed by atoms with Crippen LogP contribution in [-0.4, -0.2) is 60.0 Å². The molecule has 1 aliphatic carbocycles. The van der Waals surface area contributed by atoms with E-state index in [-0.39, 0.29) is 36.5 Å². The van der Waals surface area contributed by atoms with Crippen LogP contribution < -0.4 is 19.7 Å². The molecule has 34 heavy (non-hydrogen) atoms. The van der Waals surface area contributed by atoms with Crippen molar-refractivity contribution >= 4 is 23.5 Å². The van der Waals surface area contributed by atoms with E-state index in [1.807, 2.05) is 0 Å². The largest absolute Gasteiger partial charge is 0.497 e. The van der Waals surface area contributed by atoms with Crippen LogP contribution in [0.25, 0.3) is 0 Å². The minimum atomic E-state index is -1.33. The number of anilines is 1. The highest BCUT2D eigenvalue weighted by Gasteiger charge is 2.50. The van der Waals surface area contributed by atoms with Crippen molar-refractivity contribution in [3.8, 4) is 11.5 Å². The van der Waals surface area contributed by atoms with E-state index in [1.165, 1.54) is 29.9 Å². The summed E-state index contributed by atoms with van der Waals surface area (Å²) < 4.78 is 17.3. The second kappa shape index (κ2) is 9.36. The van der Waals surface area contributed by atoms with Crippen LogP contribution in [0, 0.1) is 0 Å². The lowest BCUT2D eigenvalue weighted by atomic mass is 9.93. The molecule has 0 bridgehead atoms. The third-order valence-corrected chi connectivity index (χ3v) is 6.45. The molecule has 2 aliphatic rings. The van der Waals surface area contributed by atoms with Gasteiger partial charge in [-0.1, -0.05) is 12.8 Å². The zero-order valence-corrected chi connectivity index (χ0v) is 19.9. The Labute approximate surface area is 198 Å². The summed E-state index contributed by atoms with van der Waals surface area (Å²) in [6.45, 7) is 3.64. The van der Waals surface area contributed by atoms with E-state index in [0.29, 0.717) is 17.2 Å². The SMILES string of the molecule is CCOC(=O)c1cc2n(n1)C[C@@](C)(C(=O)NC1CCCC1)N(c1ccc(OC)cc1OC)C2=O. The number of aromatic nitrogens is 2. The second-order valence-corrected chi connectivity index (χ2v) is 8.70. The summed E-state index contributed by atoms with van der Waals surface area (Å²) in [4.78, 5) is 41.2. The van der Waals surface area contributed by atoms with Crippen molar-refractivity contribution in [1.82, 2.24) is 15.1 Å². The molecule has 2 aromatic rings. The Morgan fingerprint density at radius 2 is 1.91 bits per heavy atom. The van der Waals surface area contributed by atoms with E-state index >= 15 is 0 Å². The van der Waals surface area contributed by atoms with Crippen LogP contribution in [0.1, 0.15) is 60.5 Å². The van der Waals surface area contributed by atoms with Gasteiger partial charge in [0, 0.05) is 18.2 Å². The van der Waals surface area contributed by atoms with Crippen LogP contribution >= 0.6 is 0 Å². The predicted molar refractivity (Wildman–Crippen MR) is 123 cm³/mol. The smallest absolute Gasteiger partial charge is 0.358 e. The lowest BCUT2D eigenvalue weighted by Crippen LogP contribution is -2.65. The average Bonchev–Trinajstić information content (AvgIpc) is 3.49. The average molecular weight is 471 g/mol. The summed E-state index contributed by atoms with van der Waals surface area (Å²) in [6.07, 6.45) is 3.93. The number of benzene rings is 1. The number of esters is 1. The molecule has 1 aliphatic heterocycles. The lowest BCUT2D eigenvalue weighted by molar-refractivity contribution is -0.127. The lowest BCUT2D eigenvalue weighted by Gasteiger charge is -2.43. The highest BCUT2D eigenvalue weighted by Crippen LogP contribution is 2.40. The van der Waals surface area contributed by atoms with Gasteiger partial charge >= 0.3 is 5.97 Å². The molecule has 1 N–H and O–H groups in total. The number of methoxy groups -OCH3 is 2. The first-order valence-electron chi connectivity index (χ1n) is 11.4. The van der Waals surface area contributed by atoms with Crippen molar-refractivity contribution in [3.05, 3.63) is 35.7 Å². The Balaban J connectivity index is 1.81. The van der Waals surface area contributed by atoms with Gasteiger partial charge in [0.1, 0.15) is 22.7 Å². The van der Waals surface area contributed by atoms with Gasteiger partial charge in [-0.15, -0.1) is 0 Å². The Bertz CT molecular complexity index is 1110. The fourth-order valence-corrected chi connectivity index (χ4v) is 4.64. The molecule has 0 unspecified atom stereocenters. The molecule has 1 atom stereocenters. The molecule has 10 nitrogen and oxygen atoms in total. The van der Waals surface area contributed by atoms with Crippen molar-refractivity contribution in [1.29, 1.82) is 0 Å². The van der Waals surface area contributed by atoms with E-state index < -0.39 is 17.4 Å². The zero-order chi connectivity index (χ0) is 24.5. The fraction of sp³-hybridized carbons (Fsp3) is 0.500. The van der Waals surface area contributed by atoms with Gasteiger partial charge in [-0.25, -0.2) is 4.79 Å². The minimum absolute atomic E-state index is 0.0206. The molecule has 0 spiro atoms. The van der Waals surface area contributed by atoms with E-state index in [0.717, 1.165) is 25.7 Å². The van der Waals surface area contributed by atoms with E-state index in [1.54, 1.807) is 32.0 Å². The molecule has 2 heterocycles. The number of amides is 2. The third kappa shape index (κ3) is 4.08. The van der Waals surface area contributed by atoms with Crippen LogP contribution in [0.5, 0.6) is 11.5 Å². The molecule has 1 fully saturated rings. The van der Waals surface area contributed by atoms with Crippen LogP contribution in [0.3, 0.4) is 0 Å². The molecule has 1 aromatic carbocycles. The molecular formula is C24H30N4O6. The molecule has 1 saturated carbocycles. The molecule has 2 amide bonds. The topological polar surface area (TPSA) is 112 Å². The van der Waals surface area contributed by atoms with Gasteiger partial charge in [0.25, 0.3) is 5.91 Å². The van der Waals surface area contributed by atoms with Gasteiger partial charge in [0.2, 0.25) is 5.91 Å². The monoisotopic (exact) mass is 470 g/mol. The maximum Gasteiger partial charge on any atom is 0.358 e. The highest BCUT2D eigenvalue weighted by atomic mass is 16.5. The molecule has 0 radical (unpaired) electrons. The maximum absolute atomic E-state index is 13.8. The Morgan fingerprint density at radius 1 is 1.18 bits per heavy atom. The predicted octanol–water partition coefficient (Wildman–Crippen LogP) is 2.55. The van der Waals surface area contributed by atoms with Crippen molar-refractivity contribution < 1.29 is 28.6 Å². The molecule has 182 valence electrons. The van der Waals surface area contributed by atoms with Crippen LogP contribution in [0.15, 0.2) is 24.3 Å². The zero-order valence-electron chi connectivity index (χ0n) is 19.9. The minimum Gasteiger partial charge on any atom is -0.497 e. The number of fused-ring (bicyclic) bond motifs is 1. The Kier molecular flexibility index (Phi) is 6.49. The molecule has 10 heteroatoms.